The Balaban J connectivity index is 1.37. The Morgan fingerprint density at radius 1 is 1.20 bits per heavy atom. The van der Waals surface area contributed by atoms with Crippen LogP contribution >= 0.6 is 11.3 Å². The number of aryl methyl sites for hydroxylation is 2. The summed E-state index contributed by atoms with van der Waals surface area (Å²) in [6.07, 6.45) is 7.16. The van der Waals surface area contributed by atoms with Crippen LogP contribution in [0.4, 0.5) is 0 Å². The third kappa shape index (κ3) is 3.36. The molecule has 0 aliphatic carbocycles. The van der Waals surface area contributed by atoms with Gasteiger partial charge in [0.25, 0.3) is 0 Å². The van der Waals surface area contributed by atoms with Crippen molar-refractivity contribution in [1.29, 1.82) is 0 Å². The first-order valence-electron chi connectivity index (χ1n) is 9.40. The Morgan fingerprint density at radius 2 is 2.00 bits per heavy atom. The molecule has 2 aliphatic rings. The second-order valence-electron chi connectivity index (χ2n) is 7.42. The highest BCUT2D eigenvalue weighted by Gasteiger charge is 2.37. The van der Waals surface area contributed by atoms with Gasteiger partial charge >= 0.3 is 0 Å². The van der Waals surface area contributed by atoms with E-state index in [9.17, 15) is 4.79 Å². The van der Waals surface area contributed by atoms with Crippen LogP contribution in [-0.4, -0.2) is 38.7 Å². The first-order valence-corrected chi connectivity index (χ1v) is 10.3. The summed E-state index contributed by atoms with van der Waals surface area (Å²) in [4.78, 5) is 15.8. The number of carbonyl (C=O) groups is 1. The quantitative estimate of drug-likeness (QED) is 0.847. The lowest BCUT2D eigenvalue weighted by Crippen LogP contribution is -2.44. The van der Waals surface area contributed by atoms with Crippen LogP contribution in [0, 0.1) is 5.41 Å². The second-order valence-corrected chi connectivity index (χ2v) is 8.46. The number of amides is 1. The minimum absolute atomic E-state index is 0.288. The number of nitrogens with zero attached hydrogens (tertiary/aromatic N) is 4. The Kier molecular flexibility index (Phi) is 4.63. The molecule has 0 unspecified atom stereocenters. The fourth-order valence-electron chi connectivity index (χ4n) is 4.33. The normalized spacial score (nSPS) is 19.6. The van der Waals surface area contributed by atoms with Crippen LogP contribution in [0.5, 0.6) is 0 Å². The van der Waals surface area contributed by atoms with E-state index in [1.54, 1.807) is 11.3 Å². The van der Waals surface area contributed by atoms with Gasteiger partial charge in [0.05, 0.1) is 6.42 Å². The fourth-order valence-corrected chi connectivity index (χ4v) is 5.03. The molecule has 2 aromatic heterocycles. The molecule has 5 nitrogen and oxygen atoms in total. The van der Waals surface area contributed by atoms with Crippen molar-refractivity contribution < 1.29 is 4.79 Å². The van der Waals surface area contributed by atoms with Crippen LogP contribution in [0.15, 0.2) is 17.5 Å². The number of aromatic nitrogens is 3. The topological polar surface area (TPSA) is 51.0 Å². The third-order valence-electron chi connectivity index (χ3n) is 6.05. The fraction of sp³-hybridized carbons (Fsp3) is 0.632. The smallest absolute Gasteiger partial charge is 0.227 e. The van der Waals surface area contributed by atoms with Crippen molar-refractivity contribution in [3.8, 4) is 0 Å². The number of piperidine rings is 1. The number of likely N-dealkylation sites (tertiary alicyclic amines) is 1. The van der Waals surface area contributed by atoms with Crippen LogP contribution in [0.25, 0.3) is 0 Å². The lowest BCUT2D eigenvalue weighted by Gasteiger charge is -2.41. The average Bonchev–Trinajstić information content (AvgIpc) is 3.25. The van der Waals surface area contributed by atoms with E-state index >= 15 is 0 Å². The number of rotatable bonds is 3. The van der Waals surface area contributed by atoms with Gasteiger partial charge in [0.1, 0.15) is 11.6 Å². The van der Waals surface area contributed by atoms with E-state index in [1.165, 1.54) is 17.7 Å². The van der Waals surface area contributed by atoms with Crippen molar-refractivity contribution in [1.82, 2.24) is 19.7 Å². The zero-order valence-electron chi connectivity index (χ0n) is 14.9. The minimum atomic E-state index is 0.288. The van der Waals surface area contributed by atoms with Crippen molar-refractivity contribution in [2.45, 2.75) is 58.4 Å². The van der Waals surface area contributed by atoms with Gasteiger partial charge in [-0.2, -0.15) is 0 Å². The first-order chi connectivity index (χ1) is 12.2. The molecule has 0 saturated carbocycles. The highest BCUT2D eigenvalue weighted by molar-refractivity contribution is 7.10. The molecule has 1 amide bonds. The number of fused-ring (bicyclic) bond motifs is 1. The molecule has 0 bridgehead atoms. The molecule has 6 heteroatoms. The van der Waals surface area contributed by atoms with Crippen molar-refractivity contribution in [2.24, 2.45) is 5.41 Å². The molecule has 2 aliphatic heterocycles. The molecule has 4 rings (SSSR count). The van der Waals surface area contributed by atoms with Gasteiger partial charge in [-0.05, 0) is 42.5 Å². The third-order valence-corrected chi connectivity index (χ3v) is 6.92. The summed E-state index contributed by atoms with van der Waals surface area (Å²) in [5.74, 6) is 2.57. The van der Waals surface area contributed by atoms with Gasteiger partial charge in [-0.15, -0.1) is 21.5 Å². The van der Waals surface area contributed by atoms with Crippen molar-refractivity contribution in [3.63, 3.8) is 0 Å². The summed E-state index contributed by atoms with van der Waals surface area (Å²) in [6, 6.07) is 4.08. The van der Waals surface area contributed by atoms with Crippen LogP contribution < -0.4 is 0 Å². The maximum atomic E-state index is 12.5. The highest BCUT2D eigenvalue weighted by atomic mass is 32.1. The number of hydrogen-bond acceptors (Lipinski definition) is 4. The van der Waals surface area contributed by atoms with Gasteiger partial charge in [0.15, 0.2) is 0 Å². The second kappa shape index (κ2) is 6.90. The molecule has 0 N–H and O–H groups in total. The maximum absolute atomic E-state index is 12.5. The van der Waals surface area contributed by atoms with Crippen molar-refractivity contribution in [2.75, 3.05) is 13.1 Å². The number of hydrogen-bond donors (Lipinski definition) is 0. The van der Waals surface area contributed by atoms with E-state index in [-0.39, 0.29) is 5.91 Å². The lowest BCUT2D eigenvalue weighted by molar-refractivity contribution is -0.132. The SMILES string of the molecule is CCc1nnc2n1CCC1(CC2)CCN(C(=O)Cc2cccs2)CC1. The molecule has 4 heterocycles. The zero-order valence-corrected chi connectivity index (χ0v) is 15.7. The van der Waals surface area contributed by atoms with Gasteiger partial charge in [0.2, 0.25) is 5.91 Å². The molecular weight excluding hydrogens is 332 g/mol. The first kappa shape index (κ1) is 16.8. The van der Waals surface area contributed by atoms with E-state index < -0.39 is 0 Å². The summed E-state index contributed by atoms with van der Waals surface area (Å²) >= 11 is 1.67. The molecule has 134 valence electrons. The molecule has 0 atom stereocenters. The van der Waals surface area contributed by atoms with Crippen LogP contribution in [0.2, 0.25) is 0 Å². The molecular formula is C19H26N4OS. The Bertz CT molecular complexity index is 729. The highest BCUT2D eigenvalue weighted by Crippen LogP contribution is 2.41. The standard InChI is InChI=1S/C19H26N4OS/c1-2-16-20-21-17-5-6-19(9-12-23(16)17)7-10-22(11-8-19)18(24)14-15-4-3-13-25-15/h3-4,13H,2,5-12,14H2,1H3. The molecule has 1 saturated heterocycles. The minimum Gasteiger partial charge on any atom is -0.342 e. The Morgan fingerprint density at radius 3 is 2.72 bits per heavy atom. The van der Waals surface area contributed by atoms with Gasteiger partial charge in [-0.3, -0.25) is 4.79 Å². The molecule has 1 fully saturated rings. The Labute approximate surface area is 153 Å². The predicted octanol–water partition coefficient (Wildman–Crippen LogP) is 3.09. The summed E-state index contributed by atoms with van der Waals surface area (Å²) in [5.41, 5.74) is 0.380. The molecule has 0 aromatic carbocycles. The monoisotopic (exact) mass is 358 g/mol. The Hall–Kier alpha value is -1.69. The van der Waals surface area contributed by atoms with E-state index in [0.29, 0.717) is 11.8 Å². The lowest BCUT2D eigenvalue weighted by atomic mass is 9.72. The predicted molar refractivity (Wildman–Crippen MR) is 98.6 cm³/mol. The van der Waals surface area contributed by atoms with Crippen LogP contribution in [0.3, 0.4) is 0 Å². The molecule has 1 spiro atoms. The summed E-state index contributed by atoms with van der Waals surface area (Å²) in [7, 11) is 0. The van der Waals surface area contributed by atoms with E-state index in [4.69, 9.17) is 0 Å². The molecule has 25 heavy (non-hydrogen) atoms. The zero-order chi connectivity index (χ0) is 17.3. The summed E-state index contributed by atoms with van der Waals surface area (Å²) in [5, 5.41) is 10.8. The van der Waals surface area contributed by atoms with Crippen molar-refractivity contribution >= 4 is 17.2 Å². The van der Waals surface area contributed by atoms with E-state index in [0.717, 1.165) is 57.0 Å². The maximum Gasteiger partial charge on any atom is 0.227 e. The number of carbonyl (C=O) groups excluding carboxylic acids is 1. The summed E-state index contributed by atoms with van der Waals surface area (Å²) in [6.45, 7) is 5.00. The van der Waals surface area contributed by atoms with Crippen molar-refractivity contribution in [3.05, 3.63) is 34.0 Å². The molecule has 0 radical (unpaired) electrons. The van der Waals surface area contributed by atoms with Gasteiger partial charge in [-0.25, -0.2) is 0 Å². The van der Waals surface area contributed by atoms with E-state index in [2.05, 4.69) is 32.7 Å². The summed E-state index contributed by atoms with van der Waals surface area (Å²) < 4.78 is 2.34. The average molecular weight is 359 g/mol. The largest absolute Gasteiger partial charge is 0.342 e. The molecule has 2 aromatic rings. The van der Waals surface area contributed by atoms with Gasteiger partial charge in [0, 0.05) is 37.4 Å². The van der Waals surface area contributed by atoms with Gasteiger partial charge in [-0.1, -0.05) is 13.0 Å². The van der Waals surface area contributed by atoms with Crippen LogP contribution in [-0.2, 0) is 30.6 Å². The number of thiophene rings is 1. The van der Waals surface area contributed by atoms with E-state index in [1.807, 2.05) is 11.4 Å². The van der Waals surface area contributed by atoms with Crippen LogP contribution in [0.1, 0.15) is 49.1 Å². The van der Waals surface area contributed by atoms with Gasteiger partial charge < -0.3 is 9.47 Å².